The number of carbonyl (C=O) groups excluding carboxylic acids is 3. The first-order chi connectivity index (χ1) is 37.8. The van der Waals surface area contributed by atoms with Gasteiger partial charge in [0.25, 0.3) is 5.78 Å². The van der Waals surface area contributed by atoms with Crippen molar-refractivity contribution in [1.82, 2.24) is 0 Å². The van der Waals surface area contributed by atoms with Crippen LogP contribution < -0.4 is 28.4 Å². The molecule has 11 rings (SSSR count). The highest BCUT2D eigenvalue weighted by Gasteiger charge is 2.71. The highest BCUT2D eigenvalue weighted by Crippen LogP contribution is 2.58. The number of phenols is 8. The van der Waals surface area contributed by atoms with Crippen LogP contribution in [0.5, 0.6) is 80.5 Å². The Morgan fingerprint density at radius 1 is 0.537 bits per heavy atom. The summed E-state index contributed by atoms with van der Waals surface area (Å²) in [5.41, 5.74) is -5.23. The number of esters is 2. The number of benzene rings is 6. The normalized spacial score (nSPS) is 26.9. The quantitative estimate of drug-likeness (QED) is 0.0560. The minimum absolute atomic E-state index is 0.0156. The topological polar surface area (TPSA) is 405 Å². The zero-order valence-electron chi connectivity index (χ0n) is 40.6. The predicted molar refractivity (Wildman–Crippen MR) is 263 cm³/mol. The van der Waals surface area contributed by atoms with E-state index in [2.05, 4.69) is 0 Å². The molecule has 1 fully saturated rings. The maximum Gasteiger partial charge on any atom is 0.416 e. The number of carboxylic acids is 1. The molecule has 1 aliphatic carbocycles. The van der Waals surface area contributed by atoms with Crippen LogP contribution in [0, 0.1) is 0 Å². The lowest BCUT2D eigenvalue weighted by Crippen LogP contribution is -2.70. The first-order valence-corrected chi connectivity index (χ1v) is 23.8. The first-order valence-electron chi connectivity index (χ1n) is 23.8. The van der Waals surface area contributed by atoms with Crippen LogP contribution in [0.15, 0.2) is 109 Å². The van der Waals surface area contributed by atoms with Crippen molar-refractivity contribution in [3.05, 3.63) is 143 Å². The Hall–Kier alpha value is -10.1. The Morgan fingerprint density at radius 2 is 1.09 bits per heavy atom. The van der Waals surface area contributed by atoms with Gasteiger partial charge in [-0.2, -0.15) is 0 Å². The Labute approximate surface area is 447 Å². The summed E-state index contributed by atoms with van der Waals surface area (Å²) >= 11 is 0. The Bertz CT molecular complexity index is 3700. The summed E-state index contributed by atoms with van der Waals surface area (Å²) in [6.45, 7) is 0. The van der Waals surface area contributed by atoms with Crippen molar-refractivity contribution in [1.29, 1.82) is 0 Å². The van der Waals surface area contributed by atoms with Gasteiger partial charge < -0.3 is 104 Å². The summed E-state index contributed by atoms with van der Waals surface area (Å²) in [5.74, 6) is -20.2. The van der Waals surface area contributed by atoms with E-state index in [4.69, 9.17) is 37.9 Å². The molecule has 80 heavy (non-hydrogen) atoms. The molecule has 6 aromatic carbocycles. The summed E-state index contributed by atoms with van der Waals surface area (Å²) in [6.07, 6.45) is -3.54. The lowest BCUT2D eigenvalue weighted by atomic mass is 9.79. The number of aliphatic hydroxyl groups excluding tert-OH is 1. The van der Waals surface area contributed by atoms with E-state index in [9.17, 15) is 85.6 Å². The maximum absolute atomic E-state index is 14.0. The van der Waals surface area contributed by atoms with Gasteiger partial charge in [0.1, 0.15) is 46.2 Å². The van der Waals surface area contributed by atoms with Crippen molar-refractivity contribution in [2.24, 2.45) is 0 Å². The number of carboxylic acid groups (broad SMARTS) is 1. The van der Waals surface area contributed by atoms with E-state index in [0.717, 1.165) is 72.8 Å². The summed E-state index contributed by atoms with van der Waals surface area (Å²) in [4.78, 5) is 53.1. The number of hydrogen-bond donors (Lipinski definition) is 13. The minimum atomic E-state index is -3.15. The minimum Gasteiger partial charge on any atom is -0.508 e. The van der Waals surface area contributed by atoms with Crippen LogP contribution in [-0.2, 0) is 41.7 Å². The molecule has 25 nitrogen and oxygen atoms in total. The van der Waals surface area contributed by atoms with Crippen molar-refractivity contribution >= 4 is 35.8 Å². The van der Waals surface area contributed by atoms with Crippen LogP contribution in [0.3, 0.4) is 0 Å². The van der Waals surface area contributed by atoms with E-state index in [0.29, 0.717) is 0 Å². The summed E-state index contributed by atoms with van der Waals surface area (Å²) in [6, 6.07) is 18.3. The van der Waals surface area contributed by atoms with E-state index in [1.807, 2.05) is 0 Å². The largest absolute Gasteiger partial charge is 0.508 e. The second-order valence-electron chi connectivity index (χ2n) is 19.2. The number of aliphatic carboxylic acids is 1. The number of aliphatic hydroxyl groups is 4. The number of hydrogen-bond acceptors (Lipinski definition) is 24. The summed E-state index contributed by atoms with van der Waals surface area (Å²) in [7, 11) is 0. The molecule has 6 aromatic rings. The molecular formula is C55H42O25. The first kappa shape index (κ1) is 52.0. The average Bonchev–Trinajstić information content (AvgIpc) is 3.44. The van der Waals surface area contributed by atoms with Gasteiger partial charge in [0, 0.05) is 72.4 Å². The molecule has 0 amide bonds. The van der Waals surface area contributed by atoms with Gasteiger partial charge in [0.15, 0.2) is 57.7 Å². The Morgan fingerprint density at radius 3 is 1.73 bits per heavy atom. The maximum atomic E-state index is 14.0. The molecule has 0 radical (unpaired) electrons. The average molecular weight is 1100 g/mol. The molecule has 0 aromatic heterocycles. The number of phenolic OH excluding ortho intramolecular Hbond substituents is 8. The predicted octanol–water partition coefficient (Wildman–Crippen LogP) is 3.39. The fraction of sp³-hybridized carbons (Fsp3) is 0.200. The van der Waals surface area contributed by atoms with E-state index in [-0.39, 0.29) is 63.0 Å². The summed E-state index contributed by atoms with van der Waals surface area (Å²) < 4.78 is 47.3. The highest BCUT2D eigenvalue weighted by atomic mass is 16.9. The molecule has 4 heterocycles. The second-order valence-corrected chi connectivity index (χ2v) is 19.2. The molecule has 0 saturated heterocycles. The Balaban J connectivity index is 0.821. The lowest BCUT2D eigenvalue weighted by Gasteiger charge is -2.51. The van der Waals surface area contributed by atoms with Gasteiger partial charge in [0.05, 0.1) is 6.10 Å². The van der Waals surface area contributed by atoms with Crippen LogP contribution in [-0.4, -0.2) is 126 Å². The molecule has 0 bridgehead atoms. The van der Waals surface area contributed by atoms with E-state index in [1.54, 1.807) is 0 Å². The van der Waals surface area contributed by atoms with Crippen molar-refractivity contribution in [2.45, 2.75) is 66.3 Å². The monoisotopic (exact) mass is 1100 g/mol. The summed E-state index contributed by atoms with van der Waals surface area (Å²) in [5, 5.41) is 139. The molecule has 4 unspecified atom stereocenters. The third-order valence-electron chi connectivity index (χ3n) is 14.0. The zero-order chi connectivity index (χ0) is 57.0. The third kappa shape index (κ3) is 8.34. The van der Waals surface area contributed by atoms with Crippen LogP contribution in [0.1, 0.15) is 51.0 Å². The molecule has 25 heteroatoms. The SMILES string of the molecule is O=C(C=Cc1ccc2c(c1)OC1(O)Oc3cc(O)cc(O)c3CC1(c1ccc(O)c(O)c1)O2)O[C@@H]1[C@H](O)C[C@@](O)(C(=O)O)C[C@H]1OC(=O)C=Cc1ccc2c(c1)OC1(c3ccc(O)c(O)c3)Oc3cc(O)cc(O)c3C(=O)C1(O)O2. The number of rotatable bonds is 9. The smallest absolute Gasteiger partial charge is 0.416 e. The highest BCUT2D eigenvalue weighted by molar-refractivity contribution is 6.08. The van der Waals surface area contributed by atoms with Crippen molar-refractivity contribution < 1.29 is 123 Å². The number of fused-ring (bicyclic) bond motifs is 6. The van der Waals surface area contributed by atoms with Crippen molar-refractivity contribution in [3.63, 3.8) is 0 Å². The molecule has 8 atom stereocenters. The van der Waals surface area contributed by atoms with Crippen LogP contribution in [0.25, 0.3) is 12.2 Å². The number of aromatic hydroxyl groups is 8. The fourth-order valence-electron chi connectivity index (χ4n) is 10.1. The van der Waals surface area contributed by atoms with Crippen molar-refractivity contribution in [2.75, 3.05) is 0 Å². The third-order valence-corrected chi connectivity index (χ3v) is 14.0. The molecule has 412 valence electrons. The molecule has 5 aliphatic rings. The Kier molecular flexibility index (Phi) is 11.9. The number of carbonyl (C=O) groups is 4. The van der Waals surface area contributed by atoms with Crippen LogP contribution >= 0.6 is 0 Å². The van der Waals surface area contributed by atoms with Gasteiger partial charge in [-0.1, -0.05) is 18.2 Å². The van der Waals surface area contributed by atoms with Crippen molar-refractivity contribution in [3.8, 4) is 80.5 Å². The van der Waals surface area contributed by atoms with Gasteiger partial charge in [-0.25, -0.2) is 14.4 Å². The number of ether oxygens (including phenoxy) is 8. The van der Waals surface area contributed by atoms with Gasteiger partial charge in [0.2, 0.25) is 5.60 Å². The van der Waals surface area contributed by atoms with Gasteiger partial charge >= 0.3 is 35.5 Å². The van der Waals surface area contributed by atoms with Gasteiger partial charge in [-0.15, -0.1) is 0 Å². The van der Waals surface area contributed by atoms with Crippen LogP contribution in [0.4, 0.5) is 0 Å². The van der Waals surface area contributed by atoms with Gasteiger partial charge in [-0.05, 0) is 77.9 Å². The van der Waals surface area contributed by atoms with E-state index >= 15 is 0 Å². The van der Waals surface area contributed by atoms with Gasteiger partial charge in [-0.3, -0.25) is 4.79 Å². The standard InChI is InChI=1S/C55H42O25/c56-28-17-33(60)30-21-52(26-5-7-31(58)34(61)15-26)55(72,79-40(30)19-28)80-42-14-25(1-9-38(42)75-52)4-12-46(66)74-48-37(64)22-51(70,50(68)69)23-44(48)73-45(65)11-3-24-2-10-39-41(13-24)77-54(27-6-8-32(59)35(62)16-27)53(71,76-39)49(67)47-36(63)18-29(57)20-43(47)78-54/h1-20,37,44,48,56-64,70-72H,21-23H2,(H,68,69)/t37-,44-,48-,51+,52?,53?,54?,55?/m1/s1. The van der Waals surface area contributed by atoms with Crippen LogP contribution in [0.2, 0.25) is 0 Å². The zero-order valence-corrected chi connectivity index (χ0v) is 40.6. The molecular weight excluding hydrogens is 1060 g/mol. The fourth-order valence-corrected chi connectivity index (χ4v) is 10.1. The second kappa shape index (κ2) is 18.3. The molecule has 13 N–H and O–H groups in total. The van der Waals surface area contributed by atoms with E-state index in [1.165, 1.54) is 48.5 Å². The molecule has 4 aliphatic heterocycles. The number of ketones is 1. The van der Waals surface area contributed by atoms with E-state index < -0.39 is 141 Å². The molecule has 1 saturated carbocycles. The number of Topliss-reactive ketones (excluding diaryl/α,β-unsaturated/α-hetero) is 1. The molecule has 0 spiro atoms. The lowest BCUT2D eigenvalue weighted by molar-refractivity contribution is -0.374.